The number of carbonyl (C=O) groups excluding carboxylic acids is 1. The van der Waals surface area contributed by atoms with Gasteiger partial charge in [-0.3, -0.25) is 4.79 Å². The molecule has 0 atom stereocenters. The molecule has 2 fully saturated rings. The Morgan fingerprint density at radius 2 is 1.89 bits per heavy atom. The Bertz CT molecular complexity index is 827. The van der Waals surface area contributed by atoms with Crippen LogP contribution in [-0.4, -0.2) is 38.7 Å². The van der Waals surface area contributed by atoms with Crippen LogP contribution < -0.4 is 5.32 Å². The molecular weight excluding hydrogens is 362 g/mol. The molecule has 2 aliphatic rings. The maximum atomic E-state index is 12.8. The molecule has 1 heterocycles. The molecule has 1 N–H and O–H groups in total. The van der Waals surface area contributed by atoms with E-state index in [-0.39, 0.29) is 16.2 Å². The maximum Gasteiger partial charge on any atom is 0.284 e. The van der Waals surface area contributed by atoms with E-state index in [1.807, 2.05) is 18.9 Å². The van der Waals surface area contributed by atoms with Crippen LogP contribution in [0.2, 0.25) is 0 Å². The lowest BCUT2D eigenvalue weighted by molar-refractivity contribution is -0.124. The van der Waals surface area contributed by atoms with Gasteiger partial charge in [0.15, 0.2) is 0 Å². The Hall–Kier alpha value is -1.89. The Morgan fingerprint density at radius 3 is 2.63 bits per heavy atom. The van der Waals surface area contributed by atoms with E-state index >= 15 is 0 Å². The van der Waals surface area contributed by atoms with Crippen LogP contribution in [0.4, 0.5) is 5.69 Å². The first-order chi connectivity index (χ1) is 12.8. The number of hydrogen-bond acceptors (Lipinski definition) is 3. The zero-order valence-electron chi connectivity index (χ0n) is 16.2. The summed E-state index contributed by atoms with van der Waals surface area (Å²) in [7, 11) is -1.92. The maximum absolute atomic E-state index is 12.8. The van der Waals surface area contributed by atoms with E-state index < -0.39 is 10.0 Å². The number of anilines is 1. The van der Waals surface area contributed by atoms with Crippen molar-refractivity contribution in [2.24, 2.45) is 9.81 Å². The van der Waals surface area contributed by atoms with Gasteiger partial charge in [-0.1, -0.05) is 32.3 Å². The van der Waals surface area contributed by atoms with Crippen LogP contribution in [0.3, 0.4) is 0 Å². The van der Waals surface area contributed by atoms with E-state index in [1.165, 1.54) is 12.1 Å². The first-order valence-electron chi connectivity index (χ1n) is 9.77. The van der Waals surface area contributed by atoms with Crippen LogP contribution in [0, 0.1) is 5.41 Å². The molecule has 1 aromatic rings. The third-order valence-electron chi connectivity index (χ3n) is 5.71. The van der Waals surface area contributed by atoms with Gasteiger partial charge in [-0.2, -0.15) is 8.42 Å². The summed E-state index contributed by atoms with van der Waals surface area (Å²) < 4.78 is 29.7. The summed E-state index contributed by atoms with van der Waals surface area (Å²) in [5, 5.41) is 2.90. The van der Waals surface area contributed by atoms with Gasteiger partial charge in [0, 0.05) is 31.1 Å². The molecular formula is C20H29N3O3S. The number of likely N-dealkylation sites (tertiary alicyclic amines) is 1. The van der Waals surface area contributed by atoms with E-state index in [0.29, 0.717) is 17.9 Å². The summed E-state index contributed by atoms with van der Waals surface area (Å²) in [6.07, 6.45) is 7.62. The van der Waals surface area contributed by atoms with E-state index in [4.69, 9.17) is 0 Å². The number of nitrogens with zero attached hydrogens (tertiary/aromatic N) is 2. The third kappa shape index (κ3) is 4.69. The lowest BCUT2D eigenvalue weighted by atomic mass is 9.88. The summed E-state index contributed by atoms with van der Waals surface area (Å²) in [6, 6.07) is 6.41. The standard InChI is InChI=1S/C20H29N3O3S/c1-20(12-5-6-13-20)19(24)21-16-9-8-10-17(15-16)27(25,26)22-18-11-4-3-7-14-23(18)2/h8-10,15H,3-7,11-14H2,1-2H3,(H,21,24). The topological polar surface area (TPSA) is 78.8 Å². The number of benzene rings is 1. The molecule has 1 aromatic carbocycles. The van der Waals surface area contributed by atoms with Gasteiger partial charge in [0.1, 0.15) is 5.84 Å². The van der Waals surface area contributed by atoms with Crippen LogP contribution in [0.1, 0.15) is 58.3 Å². The van der Waals surface area contributed by atoms with Crippen LogP contribution in [0.15, 0.2) is 33.6 Å². The first kappa shape index (κ1) is 19.9. The molecule has 0 radical (unpaired) electrons. The highest BCUT2D eigenvalue weighted by atomic mass is 32.2. The van der Waals surface area contributed by atoms with Crippen molar-refractivity contribution in [2.45, 2.75) is 63.2 Å². The highest BCUT2D eigenvalue weighted by molar-refractivity contribution is 7.90. The first-order valence-corrected chi connectivity index (χ1v) is 11.2. The SMILES string of the molecule is CN1CCCCCC1=NS(=O)(=O)c1cccc(NC(=O)C2(C)CCCC2)c1. The van der Waals surface area contributed by atoms with Crippen molar-refractivity contribution in [1.82, 2.24) is 4.90 Å². The Balaban J connectivity index is 1.80. The van der Waals surface area contributed by atoms with Crippen LogP contribution >= 0.6 is 0 Å². The van der Waals surface area contributed by atoms with Crippen molar-refractivity contribution >= 4 is 27.5 Å². The fourth-order valence-corrected chi connectivity index (χ4v) is 4.97. The predicted molar refractivity (Wildman–Crippen MR) is 107 cm³/mol. The summed E-state index contributed by atoms with van der Waals surface area (Å²) in [5.41, 5.74) is 0.140. The second kappa shape index (κ2) is 8.00. The van der Waals surface area contributed by atoms with E-state index in [0.717, 1.165) is 51.5 Å². The quantitative estimate of drug-likeness (QED) is 0.847. The minimum Gasteiger partial charge on any atom is -0.362 e. The molecule has 1 saturated heterocycles. The number of nitrogens with one attached hydrogen (secondary N) is 1. The lowest BCUT2D eigenvalue weighted by Crippen LogP contribution is -2.30. The fraction of sp³-hybridized carbons (Fsp3) is 0.600. The highest BCUT2D eigenvalue weighted by Crippen LogP contribution is 2.38. The molecule has 1 aliphatic carbocycles. The lowest BCUT2D eigenvalue weighted by Gasteiger charge is -2.22. The van der Waals surface area contributed by atoms with Crippen molar-refractivity contribution in [3.05, 3.63) is 24.3 Å². The average Bonchev–Trinajstić information content (AvgIpc) is 2.99. The average molecular weight is 392 g/mol. The van der Waals surface area contributed by atoms with Gasteiger partial charge in [0.2, 0.25) is 5.91 Å². The summed E-state index contributed by atoms with van der Waals surface area (Å²) in [6.45, 7) is 2.80. The van der Waals surface area contributed by atoms with Crippen molar-refractivity contribution in [2.75, 3.05) is 18.9 Å². The second-order valence-corrected chi connectivity index (χ2v) is 9.57. The zero-order valence-corrected chi connectivity index (χ0v) is 17.0. The molecule has 0 bridgehead atoms. The summed E-state index contributed by atoms with van der Waals surface area (Å²) in [4.78, 5) is 14.6. The van der Waals surface area contributed by atoms with Crippen LogP contribution in [0.5, 0.6) is 0 Å². The number of amides is 1. The Labute approximate surface area is 162 Å². The smallest absolute Gasteiger partial charge is 0.284 e. The van der Waals surface area contributed by atoms with Crippen molar-refractivity contribution in [1.29, 1.82) is 0 Å². The Morgan fingerprint density at radius 1 is 1.15 bits per heavy atom. The highest BCUT2D eigenvalue weighted by Gasteiger charge is 2.36. The molecule has 27 heavy (non-hydrogen) atoms. The largest absolute Gasteiger partial charge is 0.362 e. The van der Waals surface area contributed by atoms with Crippen LogP contribution in [-0.2, 0) is 14.8 Å². The normalized spacial score (nSPS) is 21.9. The molecule has 3 rings (SSSR count). The van der Waals surface area contributed by atoms with E-state index in [1.54, 1.807) is 12.1 Å². The van der Waals surface area contributed by atoms with Crippen molar-refractivity contribution in [3.8, 4) is 0 Å². The van der Waals surface area contributed by atoms with Gasteiger partial charge < -0.3 is 10.2 Å². The van der Waals surface area contributed by atoms with E-state index in [2.05, 4.69) is 9.71 Å². The molecule has 1 saturated carbocycles. The van der Waals surface area contributed by atoms with Gasteiger partial charge in [0.25, 0.3) is 10.0 Å². The molecule has 0 spiro atoms. The zero-order chi connectivity index (χ0) is 19.5. The summed E-state index contributed by atoms with van der Waals surface area (Å²) >= 11 is 0. The van der Waals surface area contributed by atoms with Crippen molar-refractivity contribution < 1.29 is 13.2 Å². The number of hydrogen-bond donors (Lipinski definition) is 1. The molecule has 1 aliphatic heterocycles. The molecule has 1 amide bonds. The fourth-order valence-electron chi connectivity index (χ4n) is 3.83. The minimum absolute atomic E-state index is 0.0376. The second-order valence-electron chi connectivity index (χ2n) is 7.96. The van der Waals surface area contributed by atoms with Gasteiger partial charge >= 0.3 is 0 Å². The molecule has 7 heteroatoms. The van der Waals surface area contributed by atoms with Gasteiger partial charge in [0.05, 0.1) is 4.90 Å². The van der Waals surface area contributed by atoms with Crippen molar-refractivity contribution in [3.63, 3.8) is 0 Å². The molecule has 148 valence electrons. The number of amidine groups is 1. The number of rotatable bonds is 4. The van der Waals surface area contributed by atoms with Gasteiger partial charge in [-0.05, 0) is 43.9 Å². The number of carbonyl (C=O) groups is 1. The predicted octanol–water partition coefficient (Wildman–Crippen LogP) is 3.80. The summed E-state index contributed by atoms with van der Waals surface area (Å²) in [5.74, 6) is 0.574. The van der Waals surface area contributed by atoms with Gasteiger partial charge in [-0.15, -0.1) is 4.40 Å². The van der Waals surface area contributed by atoms with Crippen LogP contribution in [0.25, 0.3) is 0 Å². The van der Waals surface area contributed by atoms with E-state index in [9.17, 15) is 13.2 Å². The van der Waals surface area contributed by atoms with Gasteiger partial charge in [-0.25, -0.2) is 0 Å². The molecule has 0 unspecified atom stereocenters. The molecule has 0 aromatic heterocycles. The minimum atomic E-state index is -3.81. The third-order valence-corrected chi connectivity index (χ3v) is 7.01. The monoisotopic (exact) mass is 391 g/mol. The molecule has 6 nitrogen and oxygen atoms in total. The number of sulfonamides is 1. The Kier molecular flexibility index (Phi) is 5.89.